The first-order valence-corrected chi connectivity index (χ1v) is 12.9. The Morgan fingerprint density at radius 3 is 1.58 bits per heavy atom. The van der Waals surface area contributed by atoms with E-state index in [1.807, 2.05) is 0 Å². The maximum Gasteiger partial charge on any atom is 0.271 e. The highest BCUT2D eigenvalue weighted by molar-refractivity contribution is 7.80. The SMILES string of the molecule is COc1c(NCCOCCOCCOCCOCCCCCCCCCCCS)c(=O)c1=O. The number of hydrogen-bond donors (Lipinski definition) is 2. The summed E-state index contributed by atoms with van der Waals surface area (Å²) in [7, 11) is 1.36. The minimum atomic E-state index is -0.587. The standard InChI is InChI=1S/C24H43NO7S/c1-28-24-21(22(26)23(24)27)25-11-13-30-15-17-32-19-18-31-16-14-29-12-9-7-5-3-2-4-6-8-10-20-33/h25,33H,2-20H2,1H3. The zero-order chi connectivity index (χ0) is 24.0. The molecule has 8 nitrogen and oxygen atoms in total. The predicted octanol–water partition coefficient (Wildman–Crippen LogP) is 3.21. The number of rotatable bonds is 25. The van der Waals surface area contributed by atoms with Gasteiger partial charge in [-0.25, -0.2) is 0 Å². The molecule has 9 heteroatoms. The summed E-state index contributed by atoms with van der Waals surface area (Å²) >= 11 is 4.23. The van der Waals surface area contributed by atoms with Crippen molar-refractivity contribution in [3.05, 3.63) is 20.4 Å². The third-order valence-electron chi connectivity index (χ3n) is 5.18. The molecule has 0 saturated heterocycles. The van der Waals surface area contributed by atoms with E-state index in [4.69, 9.17) is 23.7 Å². The van der Waals surface area contributed by atoms with Crippen LogP contribution in [-0.4, -0.2) is 72.3 Å². The van der Waals surface area contributed by atoms with Crippen molar-refractivity contribution < 1.29 is 23.7 Å². The molecule has 0 amide bonds. The summed E-state index contributed by atoms with van der Waals surface area (Å²) in [5, 5.41) is 2.85. The molecule has 0 aliphatic carbocycles. The van der Waals surface area contributed by atoms with Gasteiger partial charge in [0, 0.05) is 13.2 Å². The largest absolute Gasteiger partial charge is 0.491 e. The number of hydrogen-bond acceptors (Lipinski definition) is 9. The average Bonchev–Trinajstić information content (AvgIpc) is 2.83. The summed E-state index contributed by atoms with van der Waals surface area (Å²) in [6.45, 7) is 4.79. The Labute approximate surface area is 203 Å². The number of thiol groups is 1. The molecule has 0 atom stereocenters. The van der Waals surface area contributed by atoms with Gasteiger partial charge >= 0.3 is 0 Å². The van der Waals surface area contributed by atoms with Gasteiger partial charge in [-0.3, -0.25) is 9.59 Å². The monoisotopic (exact) mass is 489 g/mol. The molecule has 1 aromatic rings. The fourth-order valence-corrected chi connectivity index (χ4v) is 3.51. The number of unbranched alkanes of at least 4 members (excludes halogenated alkanes) is 8. The van der Waals surface area contributed by atoms with Crippen LogP contribution in [0.2, 0.25) is 0 Å². The topological polar surface area (TPSA) is 92.3 Å². The van der Waals surface area contributed by atoms with Crippen LogP contribution >= 0.6 is 12.6 Å². The summed E-state index contributed by atoms with van der Waals surface area (Å²) < 4.78 is 26.8. The number of anilines is 1. The molecule has 0 fully saturated rings. The van der Waals surface area contributed by atoms with Crippen molar-refractivity contribution in [3.8, 4) is 5.75 Å². The van der Waals surface area contributed by atoms with E-state index in [9.17, 15) is 9.59 Å². The molecule has 0 radical (unpaired) electrons. The highest BCUT2D eigenvalue weighted by Gasteiger charge is 2.20. The smallest absolute Gasteiger partial charge is 0.271 e. The Kier molecular flexibility index (Phi) is 19.4. The molecule has 1 aromatic carbocycles. The van der Waals surface area contributed by atoms with Gasteiger partial charge < -0.3 is 29.0 Å². The van der Waals surface area contributed by atoms with E-state index in [1.54, 1.807) is 0 Å². The fraction of sp³-hybridized carbons (Fsp3) is 0.833. The molecule has 0 saturated carbocycles. The lowest BCUT2D eigenvalue weighted by Gasteiger charge is -2.12. The van der Waals surface area contributed by atoms with E-state index in [2.05, 4.69) is 17.9 Å². The van der Waals surface area contributed by atoms with Crippen molar-refractivity contribution in [1.82, 2.24) is 0 Å². The second kappa shape index (κ2) is 21.4. The summed E-state index contributed by atoms with van der Waals surface area (Å²) in [5.74, 6) is 1.10. The van der Waals surface area contributed by atoms with Crippen molar-refractivity contribution >= 4 is 18.3 Å². The Hall–Kier alpha value is -1.13. The van der Waals surface area contributed by atoms with E-state index in [0.717, 1.165) is 18.8 Å². The molecule has 1 rings (SSSR count). The van der Waals surface area contributed by atoms with Gasteiger partial charge in [-0.15, -0.1) is 0 Å². The van der Waals surface area contributed by atoms with E-state index >= 15 is 0 Å². The van der Waals surface area contributed by atoms with Gasteiger partial charge in [0.2, 0.25) is 0 Å². The van der Waals surface area contributed by atoms with Crippen LogP contribution in [0, 0.1) is 0 Å². The molecule has 0 heterocycles. The predicted molar refractivity (Wildman–Crippen MR) is 135 cm³/mol. The van der Waals surface area contributed by atoms with Gasteiger partial charge in [0.05, 0.1) is 53.4 Å². The second-order valence-corrected chi connectivity index (χ2v) is 8.30. The van der Waals surface area contributed by atoms with Crippen LogP contribution < -0.4 is 20.9 Å². The number of ether oxygens (including phenoxy) is 5. The minimum absolute atomic E-state index is 0.0886. The molecule has 1 N–H and O–H groups in total. The normalized spacial score (nSPS) is 11.3. The lowest BCUT2D eigenvalue weighted by Crippen LogP contribution is -2.36. The first-order chi connectivity index (χ1) is 16.2. The molecule has 0 aromatic heterocycles. The zero-order valence-corrected chi connectivity index (χ0v) is 21.1. The van der Waals surface area contributed by atoms with Crippen molar-refractivity contribution in [2.45, 2.75) is 57.8 Å². The minimum Gasteiger partial charge on any atom is -0.491 e. The Morgan fingerprint density at radius 2 is 1.06 bits per heavy atom. The van der Waals surface area contributed by atoms with E-state index in [0.29, 0.717) is 52.8 Å². The Bertz CT molecular complexity index is 649. The van der Waals surface area contributed by atoms with Gasteiger partial charge in [-0.05, 0) is 18.6 Å². The summed E-state index contributed by atoms with van der Waals surface area (Å²) in [6.07, 6.45) is 11.6. The van der Waals surface area contributed by atoms with Crippen LogP contribution in [0.5, 0.6) is 5.75 Å². The van der Waals surface area contributed by atoms with E-state index in [1.165, 1.54) is 58.5 Å². The van der Waals surface area contributed by atoms with Crippen molar-refractivity contribution in [1.29, 1.82) is 0 Å². The molecule has 192 valence electrons. The summed E-state index contributed by atoms with van der Waals surface area (Å²) in [6, 6.07) is 0. The summed E-state index contributed by atoms with van der Waals surface area (Å²) in [5.41, 5.74) is -0.905. The molecular formula is C24H43NO7S. The first kappa shape index (κ1) is 29.9. The second-order valence-electron chi connectivity index (χ2n) is 7.85. The van der Waals surface area contributed by atoms with Gasteiger partial charge in [-0.2, -0.15) is 12.6 Å². The van der Waals surface area contributed by atoms with Gasteiger partial charge in [-0.1, -0.05) is 44.9 Å². The van der Waals surface area contributed by atoms with Crippen molar-refractivity contribution in [2.24, 2.45) is 0 Å². The van der Waals surface area contributed by atoms with Crippen LogP contribution in [-0.2, 0) is 18.9 Å². The third kappa shape index (κ3) is 14.7. The molecule has 0 spiro atoms. The van der Waals surface area contributed by atoms with Crippen LogP contribution in [0.25, 0.3) is 0 Å². The zero-order valence-electron chi connectivity index (χ0n) is 20.2. The lowest BCUT2D eigenvalue weighted by atomic mass is 10.1. The molecule has 0 aliphatic rings. The lowest BCUT2D eigenvalue weighted by molar-refractivity contribution is -0.00114. The molecule has 0 unspecified atom stereocenters. The van der Waals surface area contributed by atoms with E-state index in [-0.39, 0.29) is 11.4 Å². The van der Waals surface area contributed by atoms with E-state index < -0.39 is 10.9 Å². The van der Waals surface area contributed by atoms with Crippen molar-refractivity contribution in [3.63, 3.8) is 0 Å². The molecule has 0 bridgehead atoms. The quantitative estimate of drug-likeness (QED) is 0.123. The van der Waals surface area contributed by atoms with Crippen LogP contribution in [0.3, 0.4) is 0 Å². The van der Waals surface area contributed by atoms with Crippen LogP contribution in [0.1, 0.15) is 57.8 Å². The molecule has 0 aliphatic heterocycles. The maximum absolute atomic E-state index is 11.4. The first-order valence-electron chi connectivity index (χ1n) is 12.2. The molecular weight excluding hydrogens is 446 g/mol. The highest BCUT2D eigenvalue weighted by Crippen LogP contribution is 2.15. The maximum atomic E-state index is 11.4. The fourth-order valence-electron chi connectivity index (χ4n) is 3.29. The van der Waals surface area contributed by atoms with Gasteiger partial charge in [0.15, 0.2) is 5.75 Å². The van der Waals surface area contributed by atoms with Gasteiger partial charge in [0.25, 0.3) is 10.9 Å². The van der Waals surface area contributed by atoms with Crippen molar-refractivity contribution in [2.75, 3.05) is 77.6 Å². The average molecular weight is 490 g/mol. The van der Waals surface area contributed by atoms with Crippen LogP contribution in [0.4, 0.5) is 5.69 Å². The number of methoxy groups -OCH3 is 1. The Balaban J connectivity index is 1.71. The van der Waals surface area contributed by atoms with Gasteiger partial charge in [0.1, 0.15) is 5.69 Å². The molecule has 33 heavy (non-hydrogen) atoms. The third-order valence-corrected chi connectivity index (χ3v) is 5.50. The highest BCUT2D eigenvalue weighted by atomic mass is 32.1. The number of nitrogens with one attached hydrogen (secondary N) is 1. The van der Waals surface area contributed by atoms with Crippen LogP contribution in [0.15, 0.2) is 9.59 Å². The Morgan fingerprint density at radius 1 is 0.606 bits per heavy atom. The summed E-state index contributed by atoms with van der Waals surface area (Å²) in [4.78, 5) is 22.5.